The van der Waals surface area contributed by atoms with Gasteiger partial charge in [-0.25, -0.2) is 0 Å². The summed E-state index contributed by atoms with van der Waals surface area (Å²) in [5.41, 5.74) is 8.26. The first-order valence-corrected chi connectivity index (χ1v) is 20.8. The second-order valence-corrected chi connectivity index (χ2v) is 16.1. The molecule has 266 valence electrons. The first-order chi connectivity index (χ1) is 25.3. The Labute approximate surface area is 312 Å². The van der Waals surface area contributed by atoms with Crippen LogP contribution in [0.4, 0.5) is 5.69 Å². The van der Waals surface area contributed by atoms with Crippen LogP contribution in [0.15, 0.2) is 131 Å². The molecule has 7 rings (SSSR count). The second-order valence-electron chi connectivity index (χ2n) is 14.0. The third-order valence-corrected chi connectivity index (χ3v) is 11.9. The molecule has 4 aromatic carbocycles. The number of hydrogen-bond donors (Lipinski definition) is 1. The summed E-state index contributed by atoms with van der Waals surface area (Å²) in [5.74, 6) is 0. The summed E-state index contributed by atoms with van der Waals surface area (Å²) in [5, 5.41) is 6.87. The summed E-state index contributed by atoms with van der Waals surface area (Å²) in [7, 11) is -4.53. The van der Waals surface area contributed by atoms with Crippen molar-refractivity contribution in [3.8, 4) is 0 Å². The SMILES string of the molecule is CCCCC[NH+]1/C(=C/C=C2CCCC(/C=C/c3ccc4c5ccccc5ccc4[n+]3CCCCP(=O)([O-])[O-])=C2Cl)C=Cc2c1ccc1ccccc21. The maximum Gasteiger partial charge on any atom is 0.213 e. The molecule has 0 radical (unpaired) electrons. The van der Waals surface area contributed by atoms with Crippen LogP contribution in [0.3, 0.4) is 0 Å². The van der Waals surface area contributed by atoms with Crippen molar-refractivity contribution >= 4 is 69.5 Å². The van der Waals surface area contributed by atoms with E-state index in [-0.39, 0.29) is 6.16 Å². The standard InChI is InChI=1S/C45H46ClN2O3P/c1-2-3-8-30-47-37(24-26-41-39-16-6-4-12-33(39)20-28-43(41)47)22-18-35-14-11-15-36(45(35)46)19-23-38-25-27-42-40-17-7-5-13-34(40)21-29-44(42)48(38)31-9-10-32-52(49,50)51/h4-7,12-13,16-29H,2-3,8-11,14-15,30-32H2,1H3,(H-,49,50,51). The number of unbranched alkanes of at least 4 members (excludes halogenated alkanes) is 3. The van der Waals surface area contributed by atoms with Gasteiger partial charge < -0.3 is 14.4 Å². The lowest BCUT2D eigenvalue weighted by molar-refractivity contribution is -0.788. The highest BCUT2D eigenvalue weighted by Gasteiger charge is 2.25. The van der Waals surface area contributed by atoms with Crippen molar-refractivity contribution in [3.05, 3.63) is 142 Å². The molecule has 0 saturated heterocycles. The van der Waals surface area contributed by atoms with Gasteiger partial charge in [0.2, 0.25) is 11.2 Å². The number of halogens is 1. The topological polar surface area (TPSA) is 71.5 Å². The van der Waals surface area contributed by atoms with Crippen LogP contribution in [-0.2, 0) is 11.1 Å². The molecule has 0 fully saturated rings. The summed E-state index contributed by atoms with van der Waals surface area (Å²) < 4.78 is 13.6. The average Bonchev–Trinajstić information content (AvgIpc) is 3.15. The highest BCUT2D eigenvalue weighted by molar-refractivity contribution is 7.48. The number of aryl methyl sites for hydroxylation is 1. The van der Waals surface area contributed by atoms with E-state index >= 15 is 0 Å². The van der Waals surface area contributed by atoms with E-state index in [1.165, 1.54) is 62.7 Å². The number of hydrogen-bond acceptors (Lipinski definition) is 3. The van der Waals surface area contributed by atoms with Gasteiger partial charge in [0.15, 0.2) is 0 Å². The van der Waals surface area contributed by atoms with Gasteiger partial charge in [-0.3, -0.25) is 4.90 Å². The van der Waals surface area contributed by atoms with E-state index in [0.717, 1.165) is 58.6 Å². The second kappa shape index (κ2) is 16.3. The van der Waals surface area contributed by atoms with Gasteiger partial charge in [-0.1, -0.05) is 93.2 Å². The zero-order valence-electron chi connectivity index (χ0n) is 29.8. The predicted octanol–water partition coefficient (Wildman–Crippen LogP) is 9.06. The number of nitrogens with one attached hydrogen (secondary N) is 1. The van der Waals surface area contributed by atoms with Crippen LogP contribution >= 0.6 is 19.2 Å². The number of quaternary nitrogens is 1. The Morgan fingerprint density at radius 3 is 2.37 bits per heavy atom. The number of allylic oxidation sites excluding steroid dienone is 7. The maximum atomic E-state index is 11.3. The molecule has 5 nitrogen and oxygen atoms in total. The normalized spacial score (nSPS) is 18.1. The van der Waals surface area contributed by atoms with Gasteiger partial charge in [0.1, 0.15) is 17.9 Å². The average molecular weight is 729 g/mol. The molecule has 0 saturated carbocycles. The molecular formula is C45H46ClN2O3P. The highest BCUT2D eigenvalue weighted by Crippen LogP contribution is 2.34. The minimum Gasteiger partial charge on any atom is -0.811 e. The molecule has 7 heteroatoms. The van der Waals surface area contributed by atoms with Crippen LogP contribution in [0.25, 0.3) is 44.6 Å². The highest BCUT2D eigenvalue weighted by atomic mass is 35.5. The Balaban J connectivity index is 1.19. The first-order valence-electron chi connectivity index (χ1n) is 18.7. The van der Waals surface area contributed by atoms with Crippen molar-refractivity contribution in [2.24, 2.45) is 0 Å². The number of rotatable bonds is 12. The van der Waals surface area contributed by atoms with E-state index in [0.29, 0.717) is 19.4 Å². The van der Waals surface area contributed by atoms with Crippen molar-refractivity contribution in [1.82, 2.24) is 0 Å². The lowest BCUT2D eigenvalue weighted by atomic mass is 9.93. The van der Waals surface area contributed by atoms with E-state index in [1.54, 1.807) is 0 Å². The Bertz CT molecular complexity index is 2330. The van der Waals surface area contributed by atoms with Crippen molar-refractivity contribution < 1.29 is 23.8 Å². The zero-order chi connectivity index (χ0) is 36.1. The fraction of sp³-hybridized carbons (Fsp3) is 0.267. The fourth-order valence-corrected chi connectivity index (χ4v) is 8.73. The Kier molecular flexibility index (Phi) is 11.4. The molecule has 1 unspecified atom stereocenters. The van der Waals surface area contributed by atoms with Crippen LogP contribution in [0.1, 0.15) is 69.5 Å². The number of aromatic nitrogens is 1. The molecule has 2 heterocycles. The molecule has 1 aliphatic heterocycles. The van der Waals surface area contributed by atoms with Crippen molar-refractivity contribution in [2.75, 3.05) is 12.7 Å². The van der Waals surface area contributed by atoms with E-state index in [1.807, 2.05) is 6.07 Å². The van der Waals surface area contributed by atoms with Gasteiger partial charge in [0, 0.05) is 47.4 Å². The summed E-state index contributed by atoms with van der Waals surface area (Å²) >= 11 is 7.18. The van der Waals surface area contributed by atoms with Gasteiger partial charge in [0.05, 0.1) is 11.9 Å². The molecule has 1 aromatic heterocycles. The third kappa shape index (κ3) is 8.10. The predicted molar refractivity (Wildman–Crippen MR) is 213 cm³/mol. The van der Waals surface area contributed by atoms with Crippen LogP contribution in [0.5, 0.6) is 0 Å². The molecule has 0 spiro atoms. The maximum absolute atomic E-state index is 11.3. The van der Waals surface area contributed by atoms with Gasteiger partial charge in [-0.2, -0.15) is 4.57 Å². The molecule has 52 heavy (non-hydrogen) atoms. The van der Waals surface area contributed by atoms with Crippen molar-refractivity contribution in [2.45, 2.75) is 64.8 Å². The smallest absolute Gasteiger partial charge is 0.213 e. The molecule has 0 amide bonds. The summed E-state index contributed by atoms with van der Waals surface area (Å²) in [4.78, 5) is 24.1. The van der Waals surface area contributed by atoms with Crippen LogP contribution in [0, 0.1) is 0 Å². The van der Waals surface area contributed by atoms with Gasteiger partial charge in [-0.05, 0) is 108 Å². The lowest BCUT2D eigenvalue weighted by Gasteiger charge is -2.28. The summed E-state index contributed by atoms with van der Waals surface area (Å²) in [6, 6.07) is 30.1. The molecule has 1 atom stereocenters. The van der Waals surface area contributed by atoms with Gasteiger partial charge >= 0.3 is 0 Å². The van der Waals surface area contributed by atoms with Crippen LogP contribution < -0.4 is 19.3 Å². The number of fused-ring (bicyclic) bond motifs is 6. The van der Waals surface area contributed by atoms with E-state index in [2.05, 4.69) is 127 Å². The third-order valence-electron chi connectivity index (χ3n) is 10.5. The minimum atomic E-state index is -4.53. The fourth-order valence-electron chi connectivity index (χ4n) is 7.80. The number of pyridine rings is 1. The lowest BCUT2D eigenvalue weighted by Crippen LogP contribution is -3.05. The molecule has 5 aromatic rings. The number of benzene rings is 4. The van der Waals surface area contributed by atoms with E-state index in [9.17, 15) is 14.4 Å². The quantitative estimate of drug-likeness (QED) is 0.0603. The molecular weight excluding hydrogens is 683 g/mol. The minimum absolute atomic E-state index is 0.322. The number of nitrogens with zero attached hydrogens (tertiary/aromatic N) is 1. The molecule has 1 N–H and O–H groups in total. The van der Waals surface area contributed by atoms with Crippen molar-refractivity contribution in [3.63, 3.8) is 0 Å². The van der Waals surface area contributed by atoms with Gasteiger partial charge in [0.25, 0.3) is 0 Å². The Morgan fingerprint density at radius 1 is 0.788 bits per heavy atom. The summed E-state index contributed by atoms with van der Waals surface area (Å²) in [6.45, 7) is 3.90. The van der Waals surface area contributed by atoms with E-state index < -0.39 is 7.60 Å². The zero-order valence-corrected chi connectivity index (χ0v) is 31.5. The van der Waals surface area contributed by atoms with Crippen molar-refractivity contribution in [1.29, 1.82) is 0 Å². The van der Waals surface area contributed by atoms with E-state index in [4.69, 9.17) is 11.6 Å². The first kappa shape index (κ1) is 36.3. The summed E-state index contributed by atoms with van der Waals surface area (Å²) in [6.07, 6.45) is 20.4. The largest absolute Gasteiger partial charge is 0.811 e. The molecule has 2 aliphatic rings. The van der Waals surface area contributed by atoms with Gasteiger partial charge in [-0.15, -0.1) is 0 Å². The Morgan fingerprint density at radius 2 is 1.56 bits per heavy atom. The Hall–Kier alpha value is -4.09. The monoisotopic (exact) mass is 728 g/mol. The molecule has 1 aliphatic carbocycles. The van der Waals surface area contributed by atoms with Crippen LogP contribution in [-0.4, -0.2) is 12.7 Å². The van der Waals surface area contributed by atoms with Crippen LogP contribution in [0.2, 0.25) is 0 Å². The molecule has 0 bridgehead atoms.